The summed E-state index contributed by atoms with van der Waals surface area (Å²) >= 11 is 1.56. The number of hydrogen-bond donors (Lipinski definition) is 1. The summed E-state index contributed by atoms with van der Waals surface area (Å²) in [5.74, 6) is 1.03. The highest BCUT2D eigenvalue weighted by Crippen LogP contribution is 2.20. The van der Waals surface area contributed by atoms with Crippen LogP contribution in [0.2, 0.25) is 0 Å². The first-order valence-electron chi connectivity index (χ1n) is 7.78. The largest absolute Gasteiger partial charge is 0.444 e. The normalized spacial score (nSPS) is 12.7. The lowest BCUT2D eigenvalue weighted by Gasteiger charge is -2.20. The Morgan fingerprint density at radius 3 is 2.71 bits per heavy atom. The number of benzene rings is 1. The maximum absolute atomic E-state index is 11.7. The van der Waals surface area contributed by atoms with Crippen molar-refractivity contribution < 1.29 is 9.53 Å². The van der Waals surface area contributed by atoms with Crippen molar-refractivity contribution in [3.63, 3.8) is 0 Å². The second-order valence-electron chi connectivity index (χ2n) is 6.51. The van der Waals surface area contributed by atoms with Gasteiger partial charge >= 0.3 is 6.09 Å². The summed E-state index contributed by atoms with van der Waals surface area (Å²) < 4.78 is 6.93. The van der Waals surface area contributed by atoms with Gasteiger partial charge in [-0.05, 0) is 49.2 Å². The summed E-state index contributed by atoms with van der Waals surface area (Å²) in [5.41, 5.74) is 0.435. The van der Waals surface area contributed by atoms with Crippen molar-refractivity contribution in [2.75, 3.05) is 12.3 Å². The lowest BCUT2D eigenvalue weighted by molar-refractivity contribution is 0.0522. The Hall–Kier alpha value is -2.09. The van der Waals surface area contributed by atoms with Gasteiger partial charge in [-0.15, -0.1) is 5.10 Å². The number of carbonyl (C=O) groups is 1. The first-order chi connectivity index (χ1) is 11.3. The maximum atomic E-state index is 11.7. The van der Waals surface area contributed by atoms with E-state index in [2.05, 4.69) is 27.8 Å². The molecule has 0 aliphatic rings. The van der Waals surface area contributed by atoms with E-state index >= 15 is 0 Å². The van der Waals surface area contributed by atoms with E-state index in [1.807, 2.05) is 51.1 Å². The first kappa shape index (κ1) is 18.3. The quantitative estimate of drug-likeness (QED) is 0.808. The van der Waals surface area contributed by atoms with Crippen LogP contribution in [0.25, 0.3) is 5.69 Å². The molecule has 1 aromatic heterocycles. The highest BCUT2D eigenvalue weighted by molar-refractivity contribution is 7.99. The lowest BCUT2D eigenvalue weighted by Crippen LogP contribution is -2.35. The van der Waals surface area contributed by atoms with Gasteiger partial charge in [-0.25, -0.2) is 4.79 Å². The minimum atomic E-state index is -0.486. The van der Waals surface area contributed by atoms with Gasteiger partial charge in [0.25, 0.3) is 0 Å². The molecule has 0 saturated heterocycles. The fourth-order valence-corrected chi connectivity index (χ4v) is 2.76. The molecule has 8 heteroatoms. The van der Waals surface area contributed by atoms with Crippen molar-refractivity contribution in [2.24, 2.45) is 5.92 Å². The van der Waals surface area contributed by atoms with Gasteiger partial charge in [-0.2, -0.15) is 4.68 Å². The average molecular weight is 349 g/mol. The van der Waals surface area contributed by atoms with Gasteiger partial charge in [0.2, 0.25) is 5.16 Å². The molecule has 130 valence electrons. The van der Waals surface area contributed by atoms with E-state index in [-0.39, 0.29) is 5.92 Å². The fraction of sp³-hybridized carbons (Fsp3) is 0.500. The molecule has 1 N–H and O–H groups in total. The number of para-hydroxylation sites is 1. The minimum absolute atomic E-state index is 0.253. The number of aromatic nitrogens is 4. The Bertz CT molecular complexity index is 654. The van der Waals surface area contributed by atoms with E-state index in [0.29, 0.717) is 6.54 Å². The molecule has 2 aromatic rings. The number of nitrogens with zero attached hydrogens (tertiary/aromatic N) is 4. The van der Waals surface area contributed by atoms with Gasteiger partial charge in [0.1, 0.15) is 5.60 Å². The SMILES string of the molecule is C[C@@H](CNC(=O)OC(C)(C)C)CSc1nnnn1-c1ccccc1. The maximum Gasteiger partial charge on any atom is 0.407 e. The summed E-state index contributed by atoms with van der Waals surface area (Å²) in [6.07, 6.45) is -0.395. The van der Waals surface area contributed by atoms with Crippen molar-refractivity contribution >= 4 is 17.9 Å². The molecule has 0 radical (unpaired) electrons. The first-order valence-corrected chi connectivity index (χ1v) is 8.77. The molecular weight excluding hydrogens is 326 g/mol. The Balaban J connectivity index is 1.82. The van der Waals surface area contributed by atoms with Crippen molar-refractivity contribution in [1.29, 1.82) is 0 Å². The zero-order valence-electron chi connectivity index (χ0n) is 14.4. The molecule has 0 fully saturated rings. The molecule has 1 heterocycles. The van der Waals surface area contributed by atoms with E-state index < -0.39 is 11.7 Å². The van der Waals surface area contributed by atoms with Crippen LogP contribution in [-0.4, -0.2) is 44.2 Å². The third-order valence-corrected chi connectivity index (χ3v) is 4.18. The fourth-order valence-electron chi connectivity index (χ4n) is 1.85. The molecule has 0 aliphatic carbocycles. The Labute approximate surface area is 146 Å². The molecule has 1 atom stereocenters. The lowest BCUT2D eigenvalue weighted by atomic mass is 10.2. The summed E-state index contributed by atoms with van der Waals surface area (Å²) in [4.78, 5) is 11.7. The van der Waals surface area contributed by atoms with Crippen LogP contribution in [0.5, 0.6) is 0 Å². The van der Waals surface area contributed by atoms with Gasteiger partial charge in [0.15, 0.2) is 0 Å². The van der Waals surface area contributed by atoms with Crippen molar-refractivity contribution in [1.82, 2.24) is 25.5 Å². The van der Waals surface area contributed by atoms with Gasteiger partial charge in [0.05, 0.1) is 5.69 Å². The predicted molar refractivity (Wildman–Crippen MR) is 93.3 cm³/mol. The van der Waals surface area contributed by atoms with Crippen LogP contribution in [0, 0.1) is 5.92 Å². The molecule has 0 aliphatic heterocycles. The topological polar surface area (TPSA) is 81.9 Å². The number of thioether (sulfide) groups is 1. The summed E-state index contributed by atoms with van der Waals surface area (Å²) in [6, 6.07) is 9.74. The molecule has 0 bridgehead atoms. The number of amides is 1. The monoisotopic (exact) mass is 349 g/mol. The molecule has 24 heavy (non-hydrogen) atoms. The van der Waals surface area contributed by atoms with Crippen molar-refractivity contribution in [3.05, 3.63) is 30.3 Å². The number of carbonyl (C=O) groups excluding carboxylic acids is 1. The number of alkyl carbamates (subject to hydrolysis) is 1. The number of tetrazole rings is 1. The number of nitrogens with one attached hydrogen (secondary N) is 1. The van der Waals surface area contributed by atoms with Crippen molar-refractivity contribution in [3.8, 4) is 5.69 Å². The summed E-state index contributed by atoms with van der Waals surface area (Å²) in [5, 5.41) is 15.3. The number of hydrogen-bond acceptors (Lipinski definition) is 6. The third kappa shape index (κ3) is 5.84. The van der Waals surface area contributed by atoms with Crippen LogP contribution in [0.15, 0.2) is 35.5 Å². The third-order valence-electron chi connectivity index (χ3n) is 2.93. The molecule has 1 aromatic carbocycles. The molecular formula is C16H23N5O2S. The van der Waals surface area contributed by atoms with Crippen LogP contribution in [0.4, 0.5) is 4.79 Å². The second-order valence-corrected chi connectivity index (χ2v) is 7.49. The highest BCUT2D eigenvalue weighted by Gasteiger charge is 2.17. The average Bonchev–Trinajstić information content (AvgIpc) is 2.98. The van der Waals surface area contributed by atoms with Crippen LogP contribution < -0.4 is 5.32 Å². The van der Waals surface area contributed by atoms with Crippen molar-refractivity contribution in [2.45, 2.75) is 38.5 Å². The van der Waals surface area contributed by atoms with Crippen LogP contribution in [-0.2, 0) is 4.74 Å². The van der Waals surface area contributed by atoms with Gasteiger partial charge in [0, 0.05) is 12.3 Å². The number of ether oxygens (including phenoxy) is 1. The van der Waals surface area contributed by atoms with Gasteiger partial charge in [-0.1, -0.05) is 36.9 Å². The molecule has 0 saturated carbocycles. The van der Waals surface area contributed by atoms with Crippen LogP contribution in [0.1, 0.15) is 27.7 Å². The zero-order valence-corrected chi connectivity index (χ0v) is 15.2. The molecule has 0 spiro atoms. The Morgan fingerprint density at radius 1 is 1.33 bits per heavy atom. The summed E-state index contributed by atoms with van der Waals surface area (Å²) in [7, 11) is 0. The minimum Gasteiger partial charge on any atom is -0.444 e. The van der Waals surface area contributed by atoms with E-state index in [1.54, 1.807) is 16.4 Å². The van der Waals surface area contributed by atoms with Crippen LogP contribution in [0.3, 0.4) is 0 Å². The van der Waals surface area contributed by atoms with Gasteiger partial charge in [-0.3, -0.25) is 0 Å². The molecule has 1 amide bonds. The predicted octanol–water partition coefficient (Wildman–Crippen LogP) is 2.92. The second kappa shape index (κ2) is 8.14. The number of rotatable bonds is 6. The van der Waals surface area contributed by atoms with E-state index in [1.165, 1.54) is 0 Å². The van der Waals surface area contributed by atoms with Crippen LogP contribution >= 0.6 is 11.8 Å². The Morgan fingerprint density at radius 2 is 2.04 bits per heavy atom. The molecule has 0 unspecified atom stereocenters. The smallest absolute Gasteiger partial charge is 0.407 e. The highest BCUT2D eigenvalue weighted by atomic mass is 32.2. The molecule has 2 rings (SSSR count). The Kier molecular flexibility index (Phi) is 6.19. The summed E-state index contributed by atoms with van der Waals surface area (Å²) in [6.45, 7) is 8.12. The van der Waals surface area contributed by atoms with E-state index in [0.717, 1.165) is 16.6 Å². The zero-order chi connectivity index (χ0) is 17.6. The van der Waals surface area contributed by atoms with E-state index in [4.69, 9.17) is 4.74 Å². The standard InChI is InChI=1S/C16H23N5O2S/c1-12(10-17-15(22)23-16(2,3)4)11-24-14-18-19-20-21(14)13-8-6-5-7-9-13/h5-9,12H,10-11H2,1-4H3,(H,17,22)/t12-/m0/s1. The molecule has 7 nitrogen and oxygen atoms in total. The van der Waals surface area contributed by atoms with E-state index in [9.17, 15) is 4.79 Å². The van der Waals surface area contributed by atoms with Gasteiger partial charge < -0.3 is 10.1 Å².